The van der Waals surface area contributed by atoms with Gasteiger partial charge in [-0.15, -0.1) is 0 Å². The fourth-order valence-electron chi connectivity index (χ4n) is 1.58. The molecular formula is C13H20BrNO2. The van der Waals surface area contributed by atoms with Crippen LogP contribution in [-0.4, -0.2) is 36.2 Å². The first-order chi connectivity index (χ1) is 8.21. The Morgan fingerprint density at radius 2 is 2.00 bits per heavy atom. The minimum absolute atomic E-state index is 0.0539. The minimum Gasteiger partial charge on any atom is -0.491 e. The number of benzene rings is 1. The predicted octanol–water partition coefficient (Wildman–Crippen LogP) is 2.66. The molecule has 0 aromatic heterocycles. The zero-order chi connectivity index (χ0) is 12.7. The van der Waals surface area contributed by atoms with E-state index in [2.05, 4.69) is 34.7 Å². The Morgan fingerprint density at radius 3 is 2.53 bits per heavy atom. The van der Waals surface area contributed by atoms with E-state index in [1.54, 1.807) is 0 Å². The number of hydrogen-bond donors (Lipinski definition) is 1. The van der Waals surface area contributed by atoms with Gasteiger partial charge in [-0.25, -0.2) is 0 Å². The molecular weight excluding hydrogens is 282 g/mol. The van der Waals surface area contributed by atoms with Gasteiger partial charge in [0.1, 0.15) is 12.4 Å². The highest BCUT2D eigenvalue weighted by Crippen LogP contribution is 2.25. The number of likely N-dealkylation sites (N-methyl/N-ethyl adjacent to an activating group) is 1. The summed E-state index contributed by atoms with van der Waals surface area (Å²) in [7, 11) is 0. The lowest BCUT2D eigenvalue weighted by molar-refractivity contribution is 0.222. The number of aliphatic hydroxyl groups is 1. The maximum atomic E-state index is 9.00. The summed E-state index contributed by atoms with van der Waals surface area (Å²) in [5, 5.41) is 9.00. The van der Waals surface area contributed by atoms with Gasteiger partial charge in [0.25, 0.3) is 0 Å². The SMILES string of the molecule is CCN(CC)CCOc1ccc(CO)cc1Br. The van der Waals surface area contributed by atoms with Crippen LogP contribution in [0, 0.1) is 0 Å². The van der Waals surface area contributed by atoms with E-state index in [1.165, 1.54) is 0 Å². The number of hydrogen-bond acceptors (Lipinski definition) is 3. The molecule has 0 saturated carbocycles. The molecule has 3 nitrogen and oxygen atoms in total. The molecule has 1 N–H and O–H groups in total. The smallest absolute Gasteiger partial charge is 0.133 e. The van der Waals surface area contributed by atoms with Gasteiger partial charge in [0.2, 0.25) is 0 Å². The van der Waals surface area contributed by atoms with E-state index in [4.69, 9.17) is 9.84 Å². The molecule has 4 heteroatoms. The molecule has 0 heterocycles. The van der Waals surface area contributed by atoms with Crippen molar-refractivity contribution in [2.75, 3.05) is 26.2 Å². The number of rotatable bonds is 7. The largest absolute Gasteiger partial charge is 0.491 e. The molecule has 0 unspecified atom stereocenters. The van der Waals surface area contributed by atoms with Crippen LogP contribution < -0.4 is 4.74 Å². The lowest BCUT2D eigenvalue weighted by Crippen LogP contribution is -2.27. The van der Waals surface area contributed by atoms with E-state index in [-0.39, 0.29) is 6.61 Å². The van der Waals surface area contributed by atoms with Gasteiger partial charge in [0.05, 0.1) is 11.1 Å². The quantitative estimate of drug-likeness (QED) is 0.840. The van der Waals surface area contributed by atoms with Crippen LogP contribution in [0.2, 0.25) is 0 Å². The molecule has 1 aromatic carbocycles. The van der Waals surface area contributed by atoms with E-state index < -0.39 is 0 Å². The normalized spacial score (nSPS) is 10.9. The number of nitrogens with zero attached hydrogens (tertiary/aromatic N) is 1. The first-order valence-electron chi connectivity index (χ1n) is 5.95. The summed E-state index contributed by atoms with van der Waals surface area (Å²) in [6.07, 6.45) is 0. The third kappa shape index (κ3) is 4.66. The Balaban J connectivity index is 2.46. The topological polar surface area (TPSA) is 32.7 Å². The van der Waals surface area contributed by atoms with Crippen LogP contribution in [0.15, 0.2) is 22.7 Å². The molecule has 0 aliphatic rings. The van der Waals surface area contributed by atoms with Gasteiger partial charge >= 0.3 is 0 Å². The second kappa shape index (κ2) is 7.69. The first kappa shape index (κ1) is 14.5. The molecule has 17 heavy (non-hydrogen) atoms. The van der Waals surface area contributed by atoms with E-state index >= 15 is 0 Å². The third-order valence-corrected chi connectivity index (χ3v) is 3.36. The van der Waals surface area contributed by atoms with Crippen LogP contribution in [0.1, 0.15) is 19.4 Å². The van der Waals surface area contributed by atoms with Crippen molar-refractivity contribution in [2.24, 2.45) is 0 Å². The lowest BCUT2D eigenvalue weighted by atomic mass is 10.2. The monoisotopic (exact) mass is 301 g/mol. The van der Waals surface area contributed by atoms with E-state index in [0.29, 0.717) is 6.61 Å². The van der Waals surface area contributed by atoms with Gasteiger partial charge in [-0.05, 0) is 46.7 Å². The van der Waals surface area contributed by atoms with Crippen molar-refractivity contribution in [2.45, 2.75) is 20.5 Å². The number of halogens is 1. The van der Waals surface area contributed by atoms with Crippen LogP contribution in [0.25, 0.3) is 0 Å². The molecule has 0 saturated heterocycles. The molecule has 0 bridgehead atoms. The highest BCUT2D eigenvalue weighted by Gasteiger charge is 2.04. The van der Waals surface area contributed by atoms with Gasteiger partial charge in [-0.3, -0.25) is 0 Å². The van der Waals surface area contributed by atoms with Gasteiger partial charge in [0.15, 0.2) is 0 Å². The van der Waals surface area contributed by atoms with E-state index in [1.807, 2.05) is 18.2 Å². The summed E-state index contributed by atoms with van der Waals surface area (Å²) in [5.41, 5.74) is 0.882. The molecule has 96 valence electrons. The maximum Gasteiger partial charge on any atom is 0.133 e. The molecule has 0 spiro atoms. The number of aliphatic hydroxyl groups excluding tert-OH is 1. The summed E-state index contributed by atoms with van der Waals surface area (Å²) < 4.78 is 6.59. The van der Waals surface area contributed by atoms with Crippen LogP contribution in [-0.2, 0) is 6.61 Å². The summed E-state index contributed by atoms with van der Waals surface area (Å²) in [4.78, 5) is 2.32. The van der Waals surface area contributed by atoms with Crippen molar-refractivity contribution in [3.05, 3.63) is 28.2 Å². The fraction of sp³-hybridized carbons (Fsp3) is 0.538. The Bertz CT molecular complexity index is 340. The average Bonchev–Trinajstić information content (AvgIpc) is 2.36. The molecule has 0 atom stereocenters. The predicted molar refractivity (Wildman–Crippen MR) is 73.3 cm³/mol. The molecule has 0 amide bonds. The second-order valence-electron chi connectivity index (χ2n) is 3.80. The molecule has 0 aliphatic carbocycles. The highest BCUT2D eigenvalue weighted by molar-refractivity contribution is 9.10. The Kier molecular flexibility index (Phi) is 6.55. The van der Waals surface area contributed by atoms with Crippen molar-refractivity contribution >= 4 is 15.9 Å². The van der Waals surface area contributed by atoms with Crippen molar-refractivity contribution in [3.8, 4) is 5.75 Å². The van der Waals surface area contributed by atoms with Gasteiger partial charge in [-0.1, -0.05) is 19.9 Å². The third-order valence-electron chi connectivity index (χ3n) is 2.74. The average molecular weight is 302 g/mol. The Morgan fingerprint density at radius 1 is 1.29 bits per heavy atom. The Labute approximate surface area is 112 Å². The van der Waals surface area contributed by atoms with Crippen molar-refractivity contribution < 1.29 is 9.84 Å². The molecule has 0 aliphatic heterocycles. The van der Waals surface area contributed by atoms with Gasteiger partial charge < -0.3 is 14.7 Å². The van der Waals surface area contributed by atoms with Crippen LogP contribution in [0.4, 0.5) is 0 Å². The highest BCUT2D eigenvalue weighted by atomic mass is 79.9. The second-order valence-corrected chi connectivity index (χ2v) is 4.65. The van der Waals surface area contributed by atoms with Crippen LogP contribution >= 0.6 is 15.9 Å². The van der Waals surface area contributed by atoms with E-state index in [0.717, 1.165) is 35.4 Å². The van der Waals surface area contributed by atoms with Crippen molar-refractivity contribution in [1.29, 1.82) is 0 Å². The van der Waals surface area contributed by atoms with Crippen LogP contribution in [0.3, 0.4) is 0 Å². The molecule has 1 rings (SSSR count). The van der Waals surface area contributed by atoms with Crippen LogP contribution in [0.5, 0.6) is 5.75 Å². The zero-order valence-corrected chi connectivity index (χ0v) is 12.0. The summed E-state index contributed by atoms with van der Waals surface area (Å²) in [5.74, 6) is 0.828. The van der Waals surface area contributed by atoms with Gasteiger partial charge in [0, 0.05) is 6.54 Å². The lowest BCUT2D eigenvalue weighted by Gasteiger charge is -2.18. The van der Waals surface area contributed by atoms with E-state index in [9.17, 15) is 0 Å². The molecule has 1 aromatic rings. The summed E-state index contributed by atoms with van der Waals surface area (Å²) in [6, 6.07) is 5.64. The molecule has 0 fully saturated rings. The standard InChI is InChI=1S/C13H20BrNO2/c1-3-15(4-2)7-8-17-13-6-5-11(10-16)9-12(13)14/h5-6,9,16H,3-4,7-8,10H2,1-2H3. The summed E-state index contributed by atoms with van der Waals surface area (Å²) >= 11 is 3.44. The maximum absolute atomic E-state index is 9.00. The fourth-order valence-corrected chi connectivity index (χ4v) is 2.12. The minimum atomic E-state index is 0.0539. The first-order valence-corrected chi connectivity index (χ1v) is 6.75. The van der Waals surface area contributed by atoms with Crippen molar-refractivity contribution in [1.82, 2.24) is 4.90 Å². The summed E-state index contributed by atoms with van der Waals surface area (Å²) in [6.45, 7) is 8.05. The number of ether oxygens (including phenoxy) is 1. The van der Waals surface area contributed by atoms with Crippen molar-refractivity contribution in [3.63, 3.8) is 0 Å². The zero-order valence-electron chi connectivity index (χ0n) is 10.4. The molecule has 0 radical (unpaired) electrons. The van der Waals surface area contributed by atoms with Gasteiger partial charge in [-0.2, -0.15) is 0 Å². The Hall–Kier alpha value is -0.580.